The molecule has 0 saturated heterocycles. The summed E-state index contributed by atoms with van der Waals surface area (Å²) in [6.45, 7) is 1.94. The number of carbonyl (C=O) groups is 1. The van der Waals surface area contributed by atoms with Gasteiger partial charge in [-0.05, 0) is 37.3 Å². The van der Waals surface area contributed by atoms with Gasteiger partial charge in [0, 0.05) is 16.7 Å². The van der Waals surface area contributed by atoms with E-state index in [0.29, 0.717) is 23.0 Å². The second kappa shape index (κ2) is 7.87. The van der Waals surface area contributed by atoms with E-state index in [0.717, 1.165) is 16.7 Å². The maximum atomic E-state index is 13.4. The molecular weight excluding hydrogens is 366 g/mol. The molecule has 4 rings (SSSR count). The lowest BCUT2D eigenvalue weighted by molar-refractivity contribution is -0.122. The van der Waals surface area contributed by atoms with Crippen molar-refractivity contribution in [3.8, 4) is 23.0 Å². The van der Waals surface area contributed by atoms with Crippen molar-refractivity contribution in [3.05, 3.63) is 83.4 Å². The van der Waals surface area contributed by atoms with Crippen LogP contribution < -0.4 is 19.5 Å². The van der Waals surface area contributed by atoms with Gasteiger partial charge >= 0.3 is 0 Å². The number of para-hydroxylation sites is 2. The normalized spacial score (nSPS) is 13.5. The number of nitrogens with one attached hydrogen (secondary N) is 1. The summed E-state index contributed by atoms with van der Waals surface area (Å²) in [5.41, 5.74) is 2.57. The van der Waals surface area contributed by atoms with Gasteiger partial charge in [-0.1, -0.05) is 36.4 Å². The van der Waals surface area contributed by atoms with E-state index in [1.165, 1.54) is 0 Å². The van der Waals surface area contributed by atoms with Crippen molar-refractivity contribution in [2.75, 3.05) is 14.2 Å². The van der Waals surface area contributed by atoms with E-state index in [9.17, 15) is 4.79 Å². The van der Waals surface area contributed by atoms with Crippen molar-refractivity contribution in [2.24, 2.45) is 0 Å². The first-order valence-corrected chi connectivity index (χ1v) is 9.50. The van der Waals surface area contributed by atoms with Crippen molar-refractivity contribution in [2.45, 2.75) is 18.9 Å². The average Bonchev–Trinajstić information content (AvgIpc) is 2.76. The Labute approximate surface area is 170 Å². The molecule has 0 spiro atoms. The van der Waals surface area contributed by atoms with E-state index in [4.69, 9.17) is 14.2 Å². The summed E-state index contributed by atoms with van der Waals surface area (Å²) >= 11 is 0. The molecule has 0 bridgehead atoms. The van der Waals surface area contributed by atoms with Gasteiger partial charge in [0.25, 0.3) is 0 Å². The van der Waals surface area contributed by atoms with Crippen molar-refractivity contribution in [3.63, 3.8) is 0 Å². The Morgan fingerprint density at radius 1 is 0.931 bits per heavy atom. The third-order valence-electron chi connectivity index (χ3n) is 5.20. The van der Waals surface area contributed by atoms with Crippen molar-refractivity contribution in [1.82, 2.24) is 5.32 Å². The number of carbonyl (C=O) groups excluding carboxylic acids is 1. The lowest BCUT2D eigenvalue weighted by Gasteiger charge is -2.28. The first-order chi connectivity index (χ1) is 14.1. The second-order valence-electron chi connectivity index (χ2n) is 6.95. The number of rotatable bonds is 5. The summed E-state index contributed by atoms with van der Waals surface area (Å²) in [5, 5.41) is 3.14. The quantitative estimate of drug-likeness (QED) is 0.680. The van der Waals surface area contributed by atoms with Crippen LogP contribution in [0.1, 0.15) is 35.6 Å². The van der Waals surface area contributed by atoms with Crippen LogP contribution in [-0.2, 0) is 4.79 Å². The number of hydrogen-bond acceptors (Lipinski definition) is 4. The summed E-state index contributed by atoms with van der Waals surface area (Å²) < 4.78 is 16.8. The van der Waals surface area contributed by atoms with Crippen LogP contribution in [0, 0.1) is 0 Å². The first-order valence-electron chi connectivity index (χ1n) is 9.50. The molecule has 0 aliphatic carbocycles. The molecule has 29 heavy (non-hydrogen) atoms. The molecule has 0 aromatic heterocycles. The number of methoxy groups -OCH3 is 2. The summed E-state index contributed by atoms with van der Waals surface area (Å²) in [6, 6.07) is 20.6. The zero-order valence-corrected chi connectivity index (χ0v) is 16.6. The minimum atomic E-state index is -0.449. The highest BCUT2D eigenvalue weighted by molar-refractivity contribution is 5.90. The summed E-state index contributed by atoms with van der Waals surface area (Å²) in [7, 11) is 3.23. The molecule has 5 nitrogen and oxygen atoms in total. The van der Waals surface area contributed by atoms with E-state index in [2.05, 4.69) is 5.32 Å². The third-order valence-corrected chi connectivity index (χ3v) is 5.20. The highest BCUT2D eigenvalue weighted by atomic mass is 16.5. The fourth-order valence-electron chi connectivity index (χ4n) is 3.74. The van der Waals surface area contributed by atoms with Crippen LogP contribution in [0.25, 0.3) is 0 Å². The number of fused-ring (bicyclic) bond motifs is 2. The molecule has 1 N–H and O–H groups in total. The second-order valence-corrected chi connectivity index (χ2v) is 6.95. The van der Waals surface area contributed by atoms with Gasteiger partial charge < -0.3 is 19.5 Å². The van der Waals surface area contributed by atoms with Gasteiger partial charge in [-0.15, -0.1) is 0 Å². The molecule has 1 aliphatic heterocycles. The Kier molecular flexibility index (Phi) is 5.12. The van der Waals surface area contributed by atoms with E-state index in [-0.39, 0.29) is 11.9 Å². The molecule has 1 aliphatic rings. The number of hydrogen-bond donors (Lipinski definition) is 1. The zero-order valence-electron chi connectivity index (χ0n) is 16.6. The molecule has 5 heteroatoms. The fourth-order valence-corrected chi connectivity index (χ4v) is 3.74. The van der Waals surface area contributed by atoms with E-state index in [1.807, 2.05) is 73.7 Å². The van der Waals surface area contributed by atoms with E-state index >= 15 is 0 Å². The number of benzene rings is 3. The van der Waals surface area contributed by atoms with E-state index in [1.54, 1.807) is 14.2 Å². The molecule has 3 aromatic rings. The summed E-state index contributed by atoms with van der Waals surface area (Å²) in [6.07, 6.45) is 0. The van der Waals surface area contributed by atoms with Gasteiger partial charge in [0.2, 0.25) is 5.91 Å². The molecule has 1 atom stereocenters. The summed E-state index contributed by atoms with van der Waals surface area (Å²) in [4.78, 5) is 13.4. The predicted molar refractivity (Wildman–Crippen MR) is 111 cm³/mol. The molecule has 3 aromatic carbocycles. The Hall–Kier alpha value is -3.47. The lowest BCUT2D eigenvalue weighted by atomic mass is 9.87. The highest BCUT2D eigenvalue weighted by Crippen LogP contribution is 2.44. The van der Waals surface area contributed by atoms with E-state index < -0.39 is 5.92 Å². The van der Waals surface area contributed by atoms with Gasteiger partial charge in [-0.25, -0.2) is 0 Å². The van der Waals surface area contributed by atoms with Crippen LogP contribution in [0.2, 0.25) is 0 Å². The number of amides is 1. The molecule has 0 radical (unpaired) electrons. The average molecular weight is 389 g/mol. The van der Waals surface area contributed by atoms with Crippen LogP contribution in [0.15, 0.2) is 66.7 Å². The minimum Gasteiger partial charge on any atom is -0.497 e. The first kappa shape index (κ1) is 18.9. The van der Waals surface area contributed by atoms with Gasteiger partial charge in [0.05, 0.1) is 26.2 Å². The van der Waals surface area contributed by atoms with Crippen LogP contribution in [0.5, 0.6) is 23.0 Å². The van der Waals surface area contributed by atoms with Crippen LogP contribution in [0.4, 0.5) is 0 Å². The Morgan fingerprint density at radius 3 is 2.14 bits per heavy atom. The topological polar surface area (TPSA) is 56.8 Å². The van der Waals surface area contributed by atoms with Crippen LogP contribution >= 0.6 is 0 Å². The van der Waals surface area contributed by atoms with Gasteiger partial charge in [0.15, 0.2) is 0 Å². The van der Waals surface area contributed by atoms with Crippen LogP contribution in [-0.4, -0.2) is 20.1 Å². The third kappa shape index (κ3) is 3.51. The Balaban J connectivity index is 1.68. The Bertz CT molecular complexity index is 1000. The molecule has 0 saturated carbocycles. The van der Waals surface area contributed by atoms with Crippen molar-refractivity contribution < 1.29 is 19.0 Å². The standard InChI is InChI=1S/C24H23NO4/c1-15(19-14-16(27-2)12-13-20(19)28-3)25-24(26)23-17-8-4-6-10-21(17)29-22-11-7-5-9-18(22)23/h4-15,23H,1-3H3,(H,25,26)/t15-/m0/s1. The van der Waals surface area contributed by atoms with Gasteiger partial charge in [0.1, 0.15) is 23.0 Å². The molecule has 1 heterocycles. The monoisotopic (exact) mass is 389 g/mol. The van der Waals surface area contributed by atoms with Gasteiger partial charge in [-0.2, -0.15) is 0 Å². The number of ether oxygens (including phenoxy) is 3. The van der Waals surface area contributed by atoms with Crippen molar-refractivity contribution >= 4 is 5.91 Å². The largest absolute Gasteiger partial charge is 0.497 e. The Morgan fingerprint density at radius 2 is 1.55 bits per heavy atom. The zero-order chi connectivity index (χ0) is 20.4. The maximum Gasteiger partial charge on any atom is 0.232 e. The molecular formula is C24H23NO4. The molecule has 0 unspecified atom stereocenters. The SMILES string of the molecule is COc1ccc(OC)c([C@H](C)NC(=O)C2c3ccccc3Oc3ccccc32)c1. The van der Waals surface area contributed by atoms with Crippen LogP contribution in [0.3, 0.4) is 0 Å². The molecule has 1 amide bonds. The van der Waals surface area contributed by atoms with Crippen molar-refractivity contribution in [1.29, 1.82) is 0 Å². The molecule has 0 fully saturated rings. The lowest BCUT2D eigenvalue weighted by Crippen LogP contribution is -2.33. The molecule has 148 valence electrons. The minimum absolute atomic E-state index is 0.0921. The summed E-state index contributed by atoms with van der Waals surface area (Å²) in [5.74, 6) is 2.28. The smallest absolute Gasteiger partial charge is 0.232 e. The maximum absolute atomic E-state index is 13.4. The van der Waals surface area contributed by atoms with Gasteiger partial charge in [-0.3, -0.25) is 4.79 Å². The fraction of sp³-hybridized carbons (Fsp3) is 0.208. The predicted octanol–water partition coefficient (Wildman–Crippen LogP) is 4.82. The highest BCUT2D eigenvalue weighted by Gasteiger charge is 2.33.